The number of carbonyl (C=O) groups excluding carboxylic acids is 10. The first-order chi connectivity index (χ1) is 13.2. The molecule has 0 amide bonds. The van der Waals surface area contributed by atoms with Gasteiger partial charge < -0.3 is 99.0 Å². The Bertz CT molecular complexity index is 508. The summed E-state index contributed by atoms with van der Waals surface area (Å²) in [5.74, 6) is -21.9. The number of carboxylic acids is 10. The van der Waals surface area contributed by atoms with Gasteiger partial charge in [0.25, 0.3) is 0 Å². The summed E-state index contributed by atoms with van der Waals surface area (Å²) in [5.41, 5.74) is 0. The first-order valence-electron chi connectivity index (χ1n) is 5.33. The molecule has 0 aliphatic carbocycles. The van der Waals surface area contributed by atoms with Gasteiger partial charge in [-0.3, -0.25) is 0 Å². The Morgan fingerprint density at radius 2 is 0.250 bits per heavy atom. The van der Waals surface area contributed by atoms with E-state index in [2.05, 4.69) is 0 Å². The van der Waals surface area contributed by atoms with E-state index in [1.807, 2.05) is 0 Å². The number of carbonyl (C=O) groups is 10. The minimum absolute atomic E-state index is 0. The van der Waals surface area contributed by atoms with Gasteiger partial charge in [-0.15, -0.1) is 0 Å². The number of hydrogen-bond acceptors (Lipinski definition) is 20. The Balaban J connectivity index is -0.0000000481. The van der Waals surface area contributed by atoms with Gasteiger partial charge in [0, 0.05) is 0 Å². The monoisotopic (exact) mass is 626 g/mol. The van der Waals surface area contributed by atoms with Crippen LogP contribution in [0.15, 0.2) is 0 Å². The van der Waals surface area contributed by atoms with Crippen LogP contribution in [0.2, 0.25) is 0 Å². The number of carboxylic acid groups (broad SMARTS) is 10. The van der Waals surface area contributed by atoms with Gasteiger partial charge >= 0.3 is 44.8 Å². The van der Waals surface area contributed by atoms with Gasteiger partial charge in [-0.05, 0) is 0 Å². The average Bonchev–Trinajstić information content (AvgIpc) is 2.56. The quantitative estimate of drug-likeness (QED) is 0.178. The predicted octanol–water partition coefficient (Wildman–Crippen LogP) is -17.6. The molecular weight excluding hydrogens is 626 g/mol. The molecule has 0 heterocycles. The zero-order valence-electron chi connectivity index (χ0n) is 14.1. The van der Waals surface area contributed by atoms with Gasteiger partial charge in [-0.25, -0.2) is 0 Å². The van der Waals surface area contributed by atoms with Crippen LogP contribution in [0.5, 0.6) is 0 Å². The van der Waals surface area contributed by atoms with Crippen molar-refractivity contribution in [1.29, 1.82) is 0 Å². The molecule has 0 aliphatic rings. The van der Waals surface area contributed by atoms with E-state index in [1.54, 1.807) is 0 Å². The van der Waals surface area contributed by atoms with Crippen LogP contribution in [0.1, 0.15) is 0 Å². The molecule has 0 bridgehead atoms. The molecule has 0 atom stereocenters. The molecule has 170 valence electrons. The van der Waals surface area contributed by atoms with Crippen LogP contribution in [-0.4, -0.2) is 59.7 Å². The summed E-state index contributed by atoms with van der Waals surface area (Å²) in [6.07, 6.45) is 0. The molecule has 0 spiro atoms. The second-order valence-corrected chi connectivity index (χ2v) is 2.87. The second kappa shape index (κ2) is 27.2. The molecule has 0 radical (unpaired) electrons. The zero-order valence-corrected chi connectivity index (χ0v) is 18.5. The van der Waals surface area contributed by atoms with Crippen molar-refractivity contribution in [2.24, 2.45) is 0 Å². The van der Waals surface area contributed by atoms with Gasteiger partial charge in [-0.2, -0.15) is 0 Å². The van der Waals surface area contributed by atoms with E-state index in [0.717, 1.165) is 0 Å². The van der Waals surface area contributed by atoms with Crippen LogP contribution in [0.4, 0.5) is 0 Å². The first kappa shape index (κ1) is 46.4. The summed E-state index contributed by atoms with van der Waals surface area (Å²) in [6, 6.07) is 0. The smallest absolute Gasteiger partial charge is 0.543 e. The molecular formula is C10Nb2O20. The van der Waals surface area contributed by atoms with Crippen LogP contribution in [0, 0.1) is 0 Å². The Kier molecular flexibility index (Phi) is 39.4. The molecule has 0 aliphatic heterocycles. The summed E-state index contributed by atoms with van der Waals surface area (Å²) in [5, 5.41) is 89.3. The van der Waals surface area contributed by atoms with Gasteiger partial charge in [0.15, 0.2) is 0 Å². The average molecular weight is 626 g/mol. The van der Waals surface area contributed by atoms with Gasteiger partial charge in [0.1, 0.15) is 0 Å². The van der Waals surface area contributed by atoms with E-state index in [1.165, 1.54) is 0 Å². The van der Waals surface area contributed by atoms with E-state index in [9.17, 15) is 0 Å². The van der Waals surface area contributed by atoms with E-state index < -0.39 is 59.7 Å². The topological polar surface area (TPSA) is 401 Å². The van der Waals surface area contributed by atoms with Crippen molar-refractivity contribution >= 4 is 59.7 Å². The second-order valence-electron chi connectivity index (χ2n) is 2.87. The van der Waals surface area contributed by atoms with Crippen molar-refractivity contribution in [3.05, 3.63) is 0 Å². The van der Waals surface area contributed by atoms with Gasteiger partial charge in [0.05, 0.1) is 59.7 Å². The minimum Gasteiger partial charge on any atom is -0.543 e. The molecule has 0 saturated carbocycles. The predicted molar refractivity (Wildman–Crippen MR) is 50.1 cm³/mol. The van der Waals surface area contributed by atoms with Crippen molar-refractivity contribution < 1.29 is 144 Å². The third-order valence-corrected chi connectivity index (χ3v) is 0.833. The van der Waals surface area contributed by atoms with Gasteiger partial charge in [0.2, 0.25) is 0 Å². The van der Waals surface area contributed by atoms with Crippen LogP contribution in [-0.2, 0) is 92.7 Å². The first-order valence-corrected chi connectivity index (χ1v) is 5.33. The van der Waals surface area contributed by atoms with Gasteiger partial charge in [-0.1, -0.05) is 0 Å². The minimum atomic E-state index is -2.19. The zero-order chi connectivity index (χ0) is 25.8. The third-order valence-electron chi connectivity index (χ3n) is 0.833. The third kappa shape index (κ3) is 63.4. The van der Waals surface area contributed by atoms with Crippen molar-refractivity contribution in [2.45, 2.75) is 0 Å². The Morgan fingerprint density at radius 1 is 0.219 bits per heavy atom. The van der Waals surface area contributed by atoms with Crippen LogP contribution in [0.3, 0.4) is 0 Å². The molecule has 32 heavy (non-hydrogen) atoms. The molecule has 0 unspecified atom stereocenters. The summed E-state index contributed by atoms with van der Waals surface area (Å²) in [4.78, 5) is 89.3. The summed E-state index contributed by atoms with van der Waals surface area (Å²) in [6.45, 7) is 0. The van der Waals surface area contributed by atoms with E-state index in [4.69, 9.17) is 99.0 Å². The van der Waals surface area contributed by atoms with Crippen LogP contribution >= 0.6 is 0 Å². The Hall–Kier alpha value is -3.82. The van der Waals surface area contributed by atoms with Crippen molar-refractivity contribution in [3.63, 3.8) is 0 Å². The Labute approximate surface area is 203 Å². The molecule has 0 aromatic rings. The van der Waals surface area contributed by atoms with Crippen molar-refractivity contribution in [3.8, 4) is 0 Å². The molecule has 22 heteroatoms. The largest absolute Gasteiger partial charge is 5.00 e. The number of rotatable bonds is 0. The molecule has 0 fully saturated rings. The fourth-order valence-corrected chi connectivity index (χ4v) is 0. The molecule has 0 aromatic heterocycles. The molecule has 20 nitrogen and oxygen atoms in total. The normalized spacial score (nSPS) is 6.88. The summed E-state index contributed by atoms with van der Waals surface area (Å²) in [7, 11) is 0. The Morgan fingerprint density at radius 3 is 0.250 bits per heavy atom. The number of aliphatic carboxylic acids is 10. The maximum Gasteiger partial charge on any atom is 5.00 e. The maximum atomic E-state index is 8.93. The molecule has 0 N–H and O–H groups in total. The van der Waals surface area contributed by atoms with Crippen molar-refractivity contribution in [1.82, 2.24) is 0 Å². The standard InChI is InChI=1S/5C2H2O4.2Nb/c5*3-1(4)2(5)6;;/h5*(H,3,4)(H,5,6);;/q;;;;;2*+5/p-10. The van der Waals surface area contributed by atoms with E-state index in [0.29, 0.717) is 0 Å². The summed E-state index contributed by atoms with van der Waals surface area (Å²) < 4.78 is 0. The number of hydrogen-bond donors (Lipinski definition) is 0. The van der Waals surface area contributed by atoms with Crippen LogP contribution in [0.25, 0.3) is 0 Å². The molecule has 0 rings (SSSR count). The fraction of sp³-hybridized carbons (Fsp3) is 0. The van der Waals surface area contributed by atoms with E-state index in [-0.39, 0.29) is 44.8 Å². The molecule has 0 aromatic carbocycles. The fourth-order valence-electron chi connectivity index (χ4n) is 0. The molecule has 0 saturated heterocycles. The maximum absolute atomic E-state index is 8.93. The van der Waals surface area contributed by atoms with Crippen LogP contribution < -0.4 is 51.1 Å². The van der Waals surface area contributed by atoms with Crippen molar-refractivity contribution in [2.75, 3.05) is 0 Å². The van der Waals surface area contributed by atoms with E-state index >= 15 is 0 Å². The summed E-state index contributed by atoms with van der Waals surface area (Å²) >= 11 is 0. The SMILES string of the molecule is O=C([O-])C(=O)[O-].O=C([O-])C(=O)[O-].O=C([O-])C(=O)[O-].O=C([O-])C(=O)[O-].O=C([O-])C(=O)[O-].[Nb+5].[Nb+5].